The zero-order valence-electron chi connectivity index (χ0n) is 10.2. The highest BCUT2D eigenvalue weighted by Crippen LogP contribution is 2.18. The first-order chi connectivity index (χ1) is 7.77. The number of carbonyl (C=O) groups is 1. The molecule has 4 nitrogen and oxygen atoms in total. The van der Waals surface area contributed by atoms with E-state index in [2.05, 4.69) is 10.6 Å². The van der Waals surface area contributed by atoms with E-state index in [4.69, 9.17) is 0 Å². The first kappa shape index (κ1) is 11.7. The fourth-order valence-corrected chi connectivity index (χ4v) is 2.66. The Balaban J connectivity index is 1.77. The van der Waals surface area contributed by atoms with Gasteiger partial charge in [0, 0.05) is 25.7 Å². The van der Waals surface area contributed by atoms with Crippen LogP contribution in [0.25, 0.3) is 0 Å². The molecule has 2 aliphatic rings. The molecule has 2 amide bonds. The zero-order valence-corrected chi connectivity index (χ0v) is 10.2. The van der Waals surface area contributed by atoms with Crippen molar-refractivity contribution >= 4 is 6.03 Å². The SMILES string of the molecule is CN(C(=O)NC1CCCCC1)C1CCNC1. The summed E-state index contributed by atoms with van der Waals surface area (Å²) in [5.74, 6) is 0. The summed E-state index contributed by atoms with van der Waals surface area (Å²) in [6.45, 7) is 1.97. The summed E-state index contributed by atoms with van der Waals surface area (Å²) < 4.78 is 0. The second kappa shape index (κ2) is 5.53. The van der Waals surface area contributed by atoms with E-state index in [1.807, 2.05) is 11.9 Å². The molecule has 4 heteroatoms. The highest BCUT2D eigenvalue weighted by atomic mass is 16.2. The molecule has 0 spiro atoms. The third-order valence-corrected chi connectivity index (χ3v) is 3.84. The number of rotatable bonds is 2. The third kappa shape index (κ3) is 2.88. The summed E-state index contributed by atoms with van der Waals surface area (Å²) in [6.07, 6.45) is 7.24. The van der Waals surface area contributed by atoms with Crippen LogP contribution in [0.15, 0.2) is 0 Å². The summed E-state index contributed by atoms with van der Waals surface area (Å²) in [6, 6.07) is 0.905. The lowest BCUT2D eigenvalue weighted by atomic mass is 9.96. The molecule has 1 aliphatic carbocycles. The van der Waals surface area contributed by atoms with Crippen LogP contribution in [0.5, 0.6) is 0 Å². The molecule has 16 heavy (non-hydrogen) atoms. The molecule has 0 aromatic carbocycles. The molecular weight excluding hydrogens is 202 g/mol. The van der Waals surface area contributed by atoms with Gasteiger partial charge < -0.3 is 15.5 Å². The van der Waals surface area contributed by atoms with Gasteiger partial charge in [0.2, 0.25) is 0 Å². The third-order valence-electron chi connectivity index (χ3n) is 3.84. The van der Waals surface area contributed by atoms with Crippen LogP contribution in [0.1, 0.15) is 38.5 Å². The van der Waals surface area contributed by atoms with Gasteiger partial charge >= 0.3 is 6.03 Å². The topological polar surface area (TPSA) is 44.4 Å². The molecule has 1 saturated carbocycles. The van der Waals surface area contributed by atoms with E-state index in [9.17, 15) is 4.79 Å². The molecule has 1 saturated heterocycles. The number of hydrogen-bond donors (Lipinski definition) is 2. The minimum absolute atomic E-state index is 0.112. The maximum atomic E-state index is 12.0. The van der Waals surface area contributed by atoms with E-state index in [0.717, 1.165) is 32.4 Å². The van der Waals surface area contributed by atoms with Gasteiger partial charge in [-0.05, 0) is 25.8 Å². The van der Waals surface area contributed by atoms with Crippen LogP contribution >= 0.6 is 0 Å². The lowest BCUT2D eigenvalue weighted by Crippen LogP contribution is -2.48. The number of nitrogens with one attached hydrogen (secondary N) is 2. The van der Waals surface area contributed by atoms with Gasteiger partial charge in [0.15, 0.2) is 0 Å². The monoisotopic (exact) mass is 225 g/mol. The standard InChI is InChI=1S/C12H23N3O/c1-15(11-7-8-13-9-11)12(16)14-10-5-3-2-4-6-10/h10-11,13H,2-9H2,1H3,(H,14,16). The second-order valence-electron chi connectivity index (χ2n) is 5.04. The van der Waals surface area contributed by atoms with E-state index in [1.165, 1.54) is 19.3 Å². The van der Waals surface area contributed by atoms with Crippen LogP contribution < -0.4 is 10.6 Å². The summed E-state index contributed by atoms with van der Waals surface area (Å²) >= 11 is 0. The van der Waals surface area contributed by atoms with Crippen molar-refractivity contribution in [3.8, 4) is 0 Å². The van der Waals surface area contributed by atoms with Gasteiger partial charge in [0.25, 0.3) is 0 Å². The fraction of sp³-hybridized carbons (Fsp3) is 0.917. The number of likely N-dealkylation sites (N-methyl/N-ethyl adjacent to an activating group) is 1. The molecule has 1 aliphatic heterocycles. The van der Waals surface area contributed by atoms with Crippen LogP contribution in [0.2, 0.25) is 0 Å². The first-order valence-electron chi connectivity index (χ1n) is 6.51. The van der Waals surface area contributed by atoms with Crippen molar-refractivity contribution in [3.63, 3.8) is 0 Å². The van der Waals surface area contributed by atoms with Crippen LogP contribution in [-0.2, 0) is 0 Å². The van der Waals surface area contributed by atoms with Crippen LogP contribution in [0.3, 0.4) is 0 Å². The predicted molar refractivity (Wildman–Crippen MR) is 64.4 cm³/mol. The van der Waals surface area contributed by atoms with Crippen LogP contribution in [0, 0.1) is 0 Å². The summed E-state index contributed by atoms with van der Waals surface area (Å²) in [5.41, 5.74) is 0. The molecule has 2 rings (SSSR count). The Bertz CT molecular complexity index is 232. The van der Waals surface area contributed by atoms with Crippen molar-refractivity contribution in [2.24, 2.45) is 0 Å². The largest absolute Gasteiger partial charge is 0.335 e. The van der Waals surface area contributed by atoms with Gasteiger partial charge in [-0.15, -0.1) is 0 Å². The molecule has 1 atom stereocenters. The van der Waals surface area contributed by atoms with Gasteiger partial charge in [-0.3, -0.25) is 0 Å². The highest BCUT2D eigenvalue weighted by molar-refractivity contribution is 5.74. The lowest BCUT2D eigenvalue weighted by molar-refractivity contribution is 0.186. The van der Waals surface area contributed by atoms with Crippen molar-refractivity contribution < 1.29 is 4.79 Å². The smallest absolute Gasteiger partial charge is 0.317 e. The van der Waals surface area contributed by atoms with Gasteiger partial charge in [-0.2, -0.15) is 0 Å². The number of hydrogen-bond acceptors (Lipinski definition) is 2. The number of amides is 2. The van der Waals surface area contributed by atoms with Crippen LogP contribution in [0.4, 0.5) is 4.79 Å². The molecule has 1 unspecified atom stereocenters. The minimum atomic E-state index is 0.112. The van der Waals surface area contributed by atoms with E-state index >= 15 is 0 Å². The average Bonchev–Trinajstić information content (AvgIpc) is 2.83. The van der Waals surface area contributed by atoms with E-state index < -0.39 is 0 Å². The Hall–Kier alpha value is -0.770. The summed E-state index contributed by atoms with van der Waals surface area (Å²) in [5, 5.41) is 6.44. The highest BCUT2D eigenvalue weighted by Gasteiger charge is 2.25. The van der Waals surface area contributed by atoms with Crippen molar-refractivity contribution in [1.29, 1.82) is 0 Å². The van der Waals surface area contributed by atoms with Gasteiger partial charge in [-0.1, -0.05) is 19.3 Å². The summed E-state index contributed by atoms with van der Waals surface area (Å²) in [4.78, 5) is 13.9. The molecule has 1 heterocycles. The molecule has 0 radical (unpaired) electrons. The maximum Gasteiger partial charge on any atom is 0.317 e. The normalized spacial score (nSPS) is 26.7. The Morgan fingerprint density at radius 1 is 1.25 bits per heavy atom. The lowest BCUT2D eigenvalue weighted by Gasteiger charge is -2.29. The Morgan fingerprint density at radius 2 is 2.00 bits per heavy atom. The Kier molecular flexibility index (Phi) is 4.04. The van der Waals surface area contributed by atoms with Gasteiger partial charge in [-0.25, -0.2) is 4.79 Å². The Morgan fingerprint density at radius 3 is 2.62 bits per heavy atom. The van der Waals surface area contributed by atoms with Gasteiger partial charge in [0.05, 0.1) is 0 Å². The number of carbonyl (C=O) groups excluding carboxylic acids is 1. The van der Waals surface area contributed by atoms with E-state index in [0.29, 0.717) is 12.1 Å². The van der Waals surface area contributed by atoms with Crippen molar-refractivity contribution in [1.82, 2.24) is 15.5 Å². The quantitative estimate of drug-likeness (QED) is 0.744. The number of urea groups is 1. The average molecular weight is 225 g/mol. The Labute approximate surface area is 97.8 Å². The zero-order chi connectivity index (χ0) is 11.4. The molecule has 0 bridgehead atoms. The van der Waals surface area contributed by atoms with Crippen molar-refractivity contribution in [3.05, 3.63) is 0 Å². The molecule has 92 valence electrons. The fourth-order valence-electron chi connectivity index (χ4n) is 2.66. The van der Waals surface area contributed by atoms with Gasteiger partial charge in [0.1, 0.15) is 0 Å². The first-order valence-corrected chi connectivity index (χ1v) is 6.51. The molecular formula is C12H23N3O. The predicted octanol–water partition coefficient (Wildman–Crippen LogP) is 1.32. The summed E-state index contributed by atoms with van der Waals surface area (Å²) in [7, 11) is 1.91. The van der Waals surface area contributed by atoms with E-state index in [-0.39, 0.29) is 6.03 Å². The molecule has 0 aromatic rings. The van der Waals surface area contributed by atoms with Crippen LogP contribution in [-0.4, -0.2) is 43.2 Å². The second-order valence-corrected chi connectivity index (χ2v) is 5.04. The minimum Gasteiger partial charge on any atom is -0.335 e. The van der Waals surface area contributed by atoms with Crippen molar-refractivity contribution in [2.45, 2.75) is 50.6 Å². The molecule has 2 N–H and O–H groups in total. The van der Waals surface area contributed by atoms with E-state index in [1.54, 1.807) is 0 Å². The van der Waals surface area contributed by atoms with Crippen molar-refractivity contribution in [2.75, 3.05) is 20.1 Å². The number of nitrogens with zero attached hydrogens (tertiary/aromatic N) is 1. The molecule has 0 aromatic heterocycles. The maximum absolute atomic E-state index is 12.0. The molecule has 2 fully saturated rings.